The van der Waals surface area contributed by atoms with Gasteiger partial charge in [-0.15, -0.1) is 0 Å². The molecule has 1 unspecified atom stereocenters. The normalized spacial score (nSPS) is 16.1. The second kappa shape index (κ2) is 10.8. The molecule has 2 heterocycles. The van der Waals surface area contributed by atoms with Crippen molar-refractivity contribution in [2.45, 2.75) is 65.2 Å². The van der Waals surface area contributed by atoms with Crippen LogP contribution in [0.1, 0.15) is 62.0 Å². The van der Waals surface area contributed by atoms with Gasteiger partial charge in [-0.1, -0.05) is 19.9 Å². The van der Waals surface area contributed by atoms with E-state index in [0.717, 1.165) is 50.1 Å². The van der Waals surface area contributed by atoms with Gasteiger partial charge in [-0.2, -0.15) is 15.6 Å². The van der Waals surface area contributed by atoms with E-state index < -0.39 is 0 Å². The lowest BCUT2D eigenvalue weighted by Crippen LogP contribution is -2.23. The van der Waals surface area contributed by atoms with Crippen molar-refractivity contribution < 1.29 is 14.2 Å². The standard InChI is InChI=1S/C23H28N4O3/c1-3-19-23(30-22-17(15-24)9-7-10-18(22)16-25)20(4-2)27(26-19)12-8-14-29-21-11-5-6-13-28-21/h7,9-10,21H,3-6,8,11-14H2,1-2H3. The molecule has 1 aromatic heterocycles. The van der Waals surface area contributed by atoms with Crippen LogP contribution in [0.5, 0.6) is 11.5 Å². The lowest BCUT2D eigenvalue weighted by molar-refractivity contribution is -0.163. The zero-order chi connectivity index (χ0) is 21.3. The van der Waals surface area contributed by atoms with Crippen LogP contribution in [0.2, 0.25) is 0 Å². The van der Waals surface area contributed by atoms with Crippen molar-refractivity contribution in [3.05, 3.63) is 40.7 Å². The van der Waals surface area contributed by atoms with Crippen molar-refractivity contribution in [3.63, 3.8) is 0 Å². The van der Waals surface area contributed by atoms with Gasteiger partial charge in [0.1, 0.15) is 17.8 Å². The summed E-state index contributed by atoms with van der Waals surface area (Å²) in [6.07, 6.45) is 5.37. The van der Waals surface area contributed by atoms with Gasteiger partial charge >= 0.3 is 0 Å². The molecule has 0 amide bonds. The maximum atomic E-state index is 9.44. The Hall–Kier alpha value is -2.87. The van der Waals surface area contributed by atoms with E-state index in [1.54, 1.807) is 18.2 Å². The fraction of sp³-hybridized carbons (Fsp3) is 0.522. The Morgan fingerprint density at radius 3 is 2.50 bits per heavy atom. The first kappa shape index (κ1) is 21.8. The maximum Gasteiger partial charge on any atom is 0.171 e. The molecule has 2 aromatic rings. The third-order valence-corrected chi connectivity index (χ3v) is 5.16. The van der Waals surface area contributed by atoms with E-state index in [4.69, 9.17) is 19.3 Å². The Kier molecular flexibility index (Phi) is 7.84. The van der Waals surface area contributed by atoms with Crippen LogP contribution in [0.4, 0.5) is 0 Å². The largest absolute Gasteiger partial charge is 0.451 e. The summed E-state index contributed by atoms with van der Waals surface area (Å²) >= 11 is 0. The molecule has 7 heteroatoms. The van der Waals surface area contributed by atoms with Gasteiger partial charge in [0.2, 0.25) is 0 Å². The van der Waals surface area contributed by atoms with Gasteiger partial charge in [-0.25, -0.2) is 0 Å². The summed E-state index contributed by atoms with van der Waals surface area (Å²) in [6, 6.07) is 9.22. The monoisotopic (exact) mass is 408 g/mol. The van der Waals surface area contributed by atoms with Crippen LogP contribution in [0.25, 0.3) is 0 Å². The molecule has 3 rings (SSSR count). The quantitative estimate of drug-likeness (QED) is 0.568. The number of para-hydroxylation sites is 1. The summed E-state index contributed by atoms with van der Waals surface area (Å²) in [7, 11) is 0. The van der Waals surface area contributed by atoms with E-state index in [1.165, 1.54) is 0 Å². The smallest absolute Gasteiger partial charge is 0.171 e. The highest BCUT2D eigenvalue weighted by molar-refractivity contribution is 5.56. The summed E-state index contributed by atoms with van der Waals surface area (Å²) in [6.45, 7) is 6.16. The van der Waals surface area contributed by atoms with Gasteiger partial charge in [0.25, 0.3) is 0 Å². The van der Waals surface area contributed by atoms with Crippen molar-refractivity contribution in [2.24, 2.45) is 0 Å². The second-order valence-electron chi connectivity index (χ2n) is 7.18. The van der Waals surface area contributed by atoms with Crippen LogP contribution in [0.3, 0.4) is 0 Å². The first-order valence-corrected chi connectivity index (χ1v) is 10.6. The third-order valence-electron chi connectivity index (χ3n) is 5.16. The molecule has 0 aliphatic carbocycles. The maximum absolute atomic E-state index is 9.44. The molecule has 1 aliphatic rings. The summed E-state index contributed by atoms with van der Waals surface area (Å²) < 4.78 is 19.6. The van der Waals surface area contributed by atoms with Crippen molar-refractivity contribution in [1.82, 2.24) is 9.78 Å². The highest BCUT2D eigenvalue weighted by Crippen LogP contribution is 2.34. The SMILES string of the molecule is CCc1nn(CCCOC2CCCCO2)c(CC)c1Oc1c(C#N)cccc1C#N. The Morgan fingerprint density at radius 1 is 1.13 bits per heavy atom. The number of nitriles is 2. The lowest BCUT2D eigenvalue weighted by Gasteiger charge is -2.22. The Labute approximate surface area is 177 Å². The minimum Gasteiger partial charge on any atom is -0.451 e. The Morgan fingerprint density at radius 2 is 1.90 bits per heavy atom. The fourth-order valence-corrected chi connectivity index (χ4v) is 3.61. The first-order chi connectivity index (χ1) is 14.7. The number of nitrogens with zero attached hydrogens (tertiary/aromatic N) is 4. The zero-order valence-electron chi connectivity index (χ0n) is 17.7. The van der Waals surface area contributed by atoms with Crippen LogP contribution in [0, 0.1) is 22.7 Å². The topological polar surface area (TPSA) is 93.1 Å². The highest BCUT2D eigenvalue weighted by Gasteiger charge is 2.21. The van der Waals surface area contributed by atoms with E-state index in [-0.39, 0.29) is 6.29 Å². The first-order valence-electron chi connectivity index (χ1n) is 10.6. The molecule has 1 atom stereocenters. The van der Waals surface area contributed by atoms with Gasteiger partial charge in [0.15, 0.2) is 17.8 Å². The van der Waals surface area contributed by atoms with Crippen LogP contribution in [-0.2, 0) is 28.9 Å². The summed E-state index contributed by atoms with van der Waals surface area (Å²) in [4.78, 5) is 0. The predicted octanol–water partition coefficient (Wildman–Crippen LogP) is 4.48. The minimum absolute atomic E-state index is 0.0843. The number of hydrogen-bond donors (Lipinski definition) is 0. The number of aryl methyl sites for hydroxylation is 2. The molecule has 1 saturated heterocycles. The average Bonchev–Trinajstić information content (AvgIpc) is 3.13. The summed E-state index contributed by atoms with van der Waals surface area (Å²) in [5.41, 5.74) is 2.45. The van der Waals surface area contributed by atoms with Gasteiger partial charge in [-0.3, -0.25) is 4.68 Å². The molecule has 1 aliphatic heterocycles. The number of rotatable bonds is 9. The molecular weight excluding hydrogens is 380 g/mol. The molecule has 0 spiro atoms. The van der Waals surface area contributed by atoms with Crippen LogP contribution in [-0.4, -0.2) is 29.3 Å². The van der Waals surface area contributed by atoms with E-state index in [1.807, 2.05) is 18.5 Å². The van der Waals surface area contributed by atoms with E-state index >= 15 is 0 Å². The second-order valence-corrected chi connectivity index (χ2v) is 7.18. The van der Waals surface area contributed by atoms with Crippen molar-refractivity contribution in [3.8, 4) is 23.6 Å². The van der Waals surface area contributed by atoms with Crippen molar-refractivity contribution in [1.29, 1.82) is 10.5 Å². The molecule has 0 saturated carbocycles. The molecule has 1 aromatic carbocycles. The molecule has 0 radical (unpaired) electrons. The number of aromatic nitrogens is 2. The molecule has 7 nitrogen and oxygen atoms in total. The number of ether oxygens (including phenoxy) is 3. The summed E-state index contributed by atoms with van der Waals surface area (Å²) in [5, 5.41) is 23.6. The Balaban J connectivity index is 1.75. The third kappa shape index (κ3) is 4.99. The van der Waals surface area contributed by atoms with E-state index in [2.05, 4.69) is 12.1 Å². The van der Waals surface area contributed by atoms with Crippen LogP contribution >= 0.6 is 0 Å². The molecule has 30 heavy (non-hydrogen) atoms. The molecular formula is C23H28N4O3. The predicted molar refractivity (Wildman–Crippen MR) is 111 cm³/mol. The van der Waals surface area contributed by atoms with Gasteiger partial charge in [0.05, 0.1) is 23.4 Å². The van der Waals surface area contributed by atoms with Crippen LogP contribution in [0.15, 0.2) is 18.2 Å². The van der Waals surface area contributed by atoms with Crippen LogP contribution < -0.4 is 4.74 Å². The highest BCUT2D eigenvalue weighted by atomic mass is 16.7. The molecule has 0 bridgehead atoms. The van der Waals surface area contributed by atoms with Gasteiger partial charge in [0, 0.05) is 13.2 Å². The molecule has 0 N–H and O–H groups in total. The number of hydrogen-bond acceptors (Lipinski definition) is 6. The average molecular weight is 409 g/mol. The number of benzene rings is 1. The van der Waals surface area contributed by atoms with Crippen molar-refractivity contribution in [2.75, 3.05) is 13.2 Å². The van der Waals surface area contributed by atoms with Crippen molar-refractivity contribution >= 4 is 0 Å². The zero-order valence-corrected chi connectivity index (χ0v) is 17.7. The Bertz CT molecular complexity index is 901. The lowest BCUT2D eigenvalue weighted by atomic mass is 10.1. The molecule has 1 fully saturated rings. The molecule has 158 valence electrons. The van der Waals surface area contributed by atoms with Gasteiger partial charge in [-0.05, 0) is 50.7 Å². The van der Waals surface area contributed by atoms with E-state index in [0.29, 0.717) is 42.2 Å². The summed E-state index contributed by atoms with van der Waals surface area (Å²) in [5.74, 6) is 0.944. The fourth-order valence-electron chi connectivity index (χ4n) is 3.61. The van der Waals surface area contributed by atoms with Gasteiger partial charge < -0.3 is 14.2 Å². The minimum atomic E-state index is -0.0843. The van der Waals surface area contributed by atoms with E-state index in [9.17, 15) is 10.5 Å².